The molecule has 0 unspecified atom stereocenters. The monoisotopic (exact) mass is 408 g/mol. The molecule has 6 heteroatoms. The zero-order valence-corrected chi connectivity index (χ0v) is 17.4. The molecule has 3 rings (SSSR count). The SMILES string of the molecule is CCc1ccc(-c2nc(-c3ccc(CCC(CO)(CO)NC(C)=O)cc3)co2)cc1. The van der Waals surface area contributed by atoms with Gasteiger partial charge in [0.05, 0.1) is 18.8 Å². The molecule has 0 saturated carbocycles. The number of nitrogens with zero attached hydrogens (tertiary/aromatic N) is 1. The Bertz CT molecular complexity index is 958. The van der Waals surface area contributed by atoms with Gasteiger partial charge in [0.2, 0.25) is 11.8 Å². The van der Waals surface area contributed by atoms with Crippen LogP contribution in [0.1, 0.15) is 31.4 Å². The molecule has 0 saturated heterocycles. The quantitative estimate of drug-likeness (QED) is 0.505. The van der Waals surface area contributed by atoms with Crippen LogP contribution in [-0.4, -0.2) is 39.9 Å². The third kappa shape index (κ3) is 5.14. The zero-order valence-electron chi connectivity index (χ0n) is 17.4. The number of rotatable bonds is 9. The number of nitrogens with one attached hydrogen (secondary N) is 1. The van der Waals surface area contributed by atoms with Crippen LogP contribution in [0.25, 0.3) is 22.7 Å². The maximum absolute atomic E-state index is 11.4. The number of aliphatic hydroxyl groups is 2. The van der Waals surface area contributed by atoms with Crippen molar-refractivity contribution >= 4 is 5.91 Å². The Balaban J connectivity index is 1.68. The molecule has 0 aliphatic heterocycles. The Hall–Kier alpha value is -2.96. The molecular weight excluding hydrogens is 380 g/mol. The molecule has 3 N–H and O–H groups in total. The summed E-state index contributed by atoms with van der Waals surface area (Å²) < 4.78 is 5.66. The largest absolute Gasteiger partial charge is 0.444 e. The predicted octanol–water partition coefficient (Wildman–Crippen LogP) is 3.36. The molecule has 1 heterocycles. The van der Waals surface area contributed by atoms with Crippen LogP contribution in [0, 0.1) is 0 Å². The molecule has 3 aromatic rings. The van der Waals surface area contributed by atoms with Gasteiger partial charge < -0.3 is 19.9 Å². The first kappa shape index (κ1) is 21.7. The van der Waals surface area contributed by atoms with Crippen molar-refractivity contribution in [2.75, 3.05) is 13.2 Å². The second kappa shape index (κ2) is 9.69. The molecule has 1 amide bonds. The lowest BCUT2D eigenvalue weighted by atomic mass is 9.92. The molecule has 6 nitrogen and oxygen atoms in total. The van der Waals surface area contributed by atoms with Gasteiger partial charge in [-0.15, -0.1) is 0 Å². The summed E-state index contributed by atoms with van der Waals surface area (Å²) in [5, 5.41) is 21.9. The predicted molar refractivity (Wildman–Crippen MR) is 116 cm³/mol. The number of aliphatic hydroxyl groups excluding tert-OH is 2. The summed E-state index contributed by atoms with van der Waals surface area (Å²) in [4.78, 5) is 16.0. The Morgan fingerprint density at radius 1 is 1.00 bits per heavy atom. The van der Waals surface area contributed by atoms with Crippen molar-refractivity contribution in [2.45, 2.75) is 38.6 Å². The van der Waals surface area contributed by atoms with E-state index in [-0.39, 0.29) is 19.1 Å². The van der Waals surface area contributed by atoms with E-state index in [1.807, 2.05) is 36.4 Å². The van der Waals surface area contributed by atoms with E-state index in [2.05, 4.69) is 29.4 Å². The van der Waals surface area contributed by atoms with Crippen molar-refractivity contribution in [2.24, 2.45) is 0 Å². The van der Waals surface area contributed by atoms with E-state index in [9.17, 15) is 15.0 Å². The van der Waals surface area contributed by atoms with Crippen LogP contribution in [0.2, 0.25) is 0 Å². The second-order valence-corrected chi connectivity index (χ2v) is 7.56. The first-order valence-corrected chi connectivity index (χ1v) is 10.1. The average Bonchev–Trinajstić information content (AvgIpc) is 3.27. The first-order valence-electron chi connectivity index (χ1n) is 10.1. The number of aryl methyl sites for hydroxylation is 2. The number of carbonyl (C=O) groups excluding carboxylic acids is 1. The van der Waals surface area contributed by atoms with Gasteiger partial charge in [-0.2, -0.15) is 0 Å². The molecule has 158 valence electrons. The van der Waals surface area contributed by atoms with Gasteiger partial charge in [0.15, 0.2) is 0 Å². The van der Waals surface area contributed by atoms with Crippen LogP contribution >= 0.6 is 0 Å². The van der Waals surface area contributed by atoms with Crippen LogP contribution < -0.4 is 5.32 Å². The molecule has 1 aromatic heterocycles. The highest BCUT2D eigenvalue weighted by Gasteiger charge is 2.29. The van der Waals surface area contributed by atoms with Crippen molar-refractivity contribution in [1.29, 1.82) is 0 Å². The maximum Gasteiger partial charge on any atom is 0.226 e. The van der Waals surface area contributed by atoms with Gasteiger partial charge in [-0.25, -0.2) is 4.98 Å². The lowest BCUT2D eigenvalue weighted by Crippen LogP contribution is -2.53. The molecule has 0 aliphatic rings. The van der Waals surface area contributed by atoms with Gasteiger partial charge in [0.1, 0.15) is 12.0 Å². The first-order chi connectivity index (χ1) is 14.5. The smallest absolute Gasteiger partial charge is 0.226 e. The van der Waals surface area contributed by atoms with E-state index in [1.54, 1.807) is 6.26 Å². The normalized spacial score (nSPS) is 11.5. The van der Waals surface area contributed by atoms with Crippen molar-refractivity contribution in [3.63, 3.8) is 0 Å². The highest BCUT2D eigenvalue weighted by atomic mass is 16.3. The molecule has 0 aliphatic carbocycles. The molecular formula is C24H28N2O4. The number of amides is 1. The topological polar surface area (TPSA) is 95.6 Å². The van der Waals surface area contributed by atoms with E-state index in [0.717, 1.165) is 28.8 Å². The van der Waals surface area contributed by atoms with E-state index in [1.165, 1.54) is 12.5 Å². The van der Waals surface area contributed by atoms with Gasteiger partial charge in [-0.05, 0) is 42.5 Å². The summed E-state index contributed by atoms with van der Waals surface area (Å²) in [6.45, 7) is 2.86. The van der Waals surface area contributed by atoms with Crippen LogP contribution in [-0.2, 0) is 17.6 Å². The highest BCUT2D eigenvalue weighted by molar-refractivity contribution is 5.73. The number of hydrogen-bond donors (Lipinski definition) is 3. The second-order valence-electron chi connectivity index (χ2n) is 7.56. The van der Waals surface area contributed by atoms with E-state index in [4.69, 9.17) is 4.42 Å². The number of aromatic nitrogens is 1. The Morgan fingerprint density at radius 3 is 2.17 bits per heavy atom. The van der Waals surface area contributed by atoms with Gasteiger partial charge in [0, 0.05) is 18.1 Å². The number of benzene rings is 2. The summed E-state index contributed by atoms with van der Waals surface area (Å²) in [7, 11) is 0. The minimum atomic E-state index is -1.02. The Morgan fingerprint density at radius 2 is 1.60 bits per heavy atom. The van der Waals surface area contributed by atoms with Crippen molar-refractivity contribution in [1.82, 2.24) is 10.3 Å². The summed E-state index contributed by atoms with van der Waals surface area (Å²) in [5.74, 6) is 0.308. The summed E-state index contributed by atoms with van der Waals surface area (Å²) in [6, 6.07) is 16.1. The molecule has 0 atom stereocenters. The standard InChI is InChI=1S/C24H28N2O4/c1-3-18-4-10-21(11-5-18)23-25-22(14-30-23)20-8-6-19(7-9-20)12-13-24(15-27,16-28)26-17(2)29/h4-11,14,27-28H,3,12-13,15-16H2,1-2H3,(H,26,29). The van der Waals surface area contributed by atoms with Crippen molar-refractivity contribution < 1.29 is 19.4 Å². The van der Waals surface area contributed by atoms with E-state index >= 15 is 0 Å². The van der Waals surface area contributed by atoms with Crippen LogP contribution in [0.5, 0.6) is 0 Å². The molecule has 2 aromatic carbocycles. The molecule has 0 bridgehead atoms. The summed E-state index contributed by atoms with van der Waals surface area (Å²) in [5.41, 5.74) is 3.93. The highest BCUT2D eigenvalue weighted by Crippen LogP contribution is 2.26. The molecule has 0 fully saturated rings. The van der Waals surface area contributed by atoms with Gasteiger partial charge in [0.25, 0.3) is 0 Å². The minimum Gasteiger partial charge on any atom is -0.444 e. The van der Waals surface area contributed by atoms with Crippen LogP contribution in [0.4, 0.5) is 0 Å². The van der Waals surface area contributed by atoms with Crippen LogP contribution in [0.3, 0.4) is 0 Å². The van der Waals surface area contributed by atoms with Gasteiger partial charge in [-0.3, -0.25) is 4.79 Å². The molecule has 0 radical (unpaired) electrons. The number of carbonyl (C=O) groups is 1. The average molecular weight is 408 g/mol. The number of hydrogen-bond acceptors (Lipinski definition) is 5. The van der Waals surface area contributed by atoms with Gasteiger partial charge >= 0.3 is 0 Å². The zero-order chi connectivity index (χ0) is 21.6. The summed E-state index contributed by atoms with van der Waals surface area (Å²) in [6.07, 6.45) is 3.68. The summed E-state index contributed by atoms with van der Waals surface area (Å²) >= 11 is 0. The van der Waals surface area contributed by atoms with E-state index < -0.39 is 5.54 Å². The van der Waals surface area contributed by atoms with Crippen molar-refractivity contribution in [3.05, 3.63) is 65.9 Å². The molecule has 0 spiro atoms. The Labute approximate surface area is 176 Å². The fourth-order valence-electron chi connectivity index (χ4n) is 3.37. The fourth-order valence-corrected chi connectivity index (χ4v) is 3.37. The lowest BCUT2D eigenvalue weighted by Gasteiger charge is -2.30. The Kier molecular flexibility index (Phi) is 7.03. The van der Waals surface area contributed by atoms with E-state index in [0.29, 0.717) is 18.7 Å². The molecule has 30 heavy (non-hydrogen) atoms. The fraction of sp³-hybridized carbons (Fsp3) is 0.333. The van der Waals surface area contributed by atoms with Gasteiger partial charge in [-0.1, -0.05) is 43.3 Å². The lowest BCUT2D eigenvalue weighted by molar-refractivity contribution is -0.122. The third-order valence-corrected chi connectivity index (χ3v) is 5.30. The third-order valence-electron chi connectivity index (χ3n) is 5.30. The maximum atomic E-state index is 11.4. The minimum absolute atomic E-state index is 0.278. The van der Waals surface area contributed by atoms with Crippen molar-refractivity contribution in [3.8, 4) is 22.7 Å². The van der Waals surface area contributed by atoms with Crippen LogP contribution in [0.15, 0.2) is 59.2 Å². The number of oxazole rings is 1.